The van der Waals surface area contributed by atoms with Crippen molar-refractivity contribution < 1.29 is 27.5 Å². The molecule has 0 bridgehead atoms. The number of aromatic amines is 1. The first-order chi connectivity index (χ1) is 20.1. The third kappa shape index (κ3) is 5.25. The molecule has 1 aromatic heterocycles. The van der Waals surface area contributed by atoms with Crippen molar-refractivity contribution >= 4 is 62.2 Å². The number of primary sulfonamides is 1. The number of imide groups is 1. The minimum atomic E-state index is -3.85. The Morgan fingerprint density at radius 3 is 2.43 bits per heavy atom. The number of benzene rings is 3. The SMILES string of the molecule is NS(=O)(=O)c1ccc(NC(=O)COc2cccc([C@H]3c4sc(=O)[nH]c4SC4C(=O)N(c5ccccc5)C(=O)C43)c2)cc1. The van der Waals surface area contributed by atoms with Crippen molar-refractivity contribution in [2.75, 3.05) is 16.8 Å². The number of nitrogens with zero attached hydrogens (tertiary/aromatic N) is 1. The summed E-state index contributed by atoms with van der Waals surface area (Å²) in [5.41, 5.74) is 1.51. The lowest BCUT2D eigenvalue weighted by molar-refractivity contribution is -0.122. The first-order valence-electron chi connectivity index (χ1n) is 12.6. The van der Waals surface area contributed by atoms with Crippen molar-refractivity contribution in [2.24, 2.45) is 11.1 Å². The quantitative estimate of drug-likeness (QED) is 0.264. The number of carbonyl (C=O) groups excluding carboxylic acids is 3. The normalized spacial score (nSPS) is 19.7. The molecular weight excluding hydrogens is 601 g/mol. The zero-order valence-electron chi connectivity index (χ0n) is 21.6. The van der Waals surface area contributed by atoms with Gasteiger partial charge >= 0.3 is 4.87 Å². The molecule has 0 spiro atoms. The van der Waals surface area contributed by atoms with Crippen LogP contribution in [-0.4, -0.2) is 43.0 Å². The Labute approximate surface area is 247 Å². The molecule has 0 aliphatic carbocycles. The maximum Gasteiger partial charge on any atom is 0.305 e. The Balaban J connectivity index is 1.24. The van der Waals surface area contributed by atoms with Gasteiger partial charge in [-0.25, -0.2) is 18.5 Å². The number of hydrogen-bond donors (Lipinski definition) is 3. The summed E-state index contributed by atoms with van der Waals surface area (Å²) in [5, 5.41) is 7.55. The fourth-order valence-electron chi connectivity index (χ4n) is 5.08. The van der Waals surface area contributed by atoms with Crippen LogP contribution in [0.4, 0.5) is 11.4 Å². The largest absolute Gasteiger partial charge is 0.484 e. The molecule has 0 saturated carbocycles. The van der Waals surface area contributed by atoms with Crippen LogP contribution in [0.1, 0.15) is 16.4 Å². The van der Waals surface area contributed by atoms with Gasteiger partial charge in [-0.1, -0.05) is 53.4 Å². The van der Waals surface area contributed by atoms with Gasteiger partial charge in [0.25, 0.3) is 5.91 Å². The minimum absolute atomic E-state index is 0.0816. The van der Waals surface area contributed by atoms with E-state index in [1.165, 1.54) is 40.9 Å². The van der Waals surface area contributed by atoms with E-state index >= 15 is 0 Å². The summed E-state index contributed by atoms with van der Waals surface area (Å²) >= 11 is 2.20. The fraction of sp³-hybridized carbons (Fsp3) is 0.143. The number of ether oxygens (including phenoxy) is 1. The number of aromatic nitrogens is 1. The summed E-state index contributed by atoms with van der Waals surface area (Å²) in [6.07, 6.45) is 0. The van der Waals surface area contributed by atoms with Crippen LogP contribution in [0.2, 0.25) is 0 Å². The van der Waals surface area contributed by atoms with Gasteiger partial charge in [0, 0.05) is 16.5 Å². The Morgan fingerprint density at radius 2 is 1.71 bits per heavy atom. The monoisotopic (exact) mass is 622 g/mol. The number of fused-ring (bicyclic) bond motifs is 2. The molecule has 3 heterocycles. The number of thioether (sulfide) groups is 1. The molecule has 2 unspecified atom stereocenters. The molecule has 1 saturated heterocycles. The van der Waals surface area contributed by atoms with E-state index in [1.807, 2.05) is 0 Å². The average Bonchev–Trinajstić information content (AvgIpc) is 3.46. The molecule has 42 heavy (non-hydrogen) atoms. The lowest BCUT2D eigenvalue weighted by atomic mass is 9.83. The lowest BCUT2D eigenvalue weighted by Crippen LogP contribution is -2.32. The number of nitrogens with two attached hydrogens (primary N) is 1. The van der Waals surface area contributed by atoms with Crippen molar-refractivity contribution in [1.82, 2.24) is 4.98 Å². The number of para-hydroxylation sites is 1. The highest BCUT2D eigenvalue weighted by Crippen LogP contribution is 2.53. The predicted molar refractivity (Wildman–Crippen MR) is 157 cm³/mol. The van der Waals surface area contributed by atoms with E-state index in [4.69, 9.17) is 9.88 Å². The number of carbonyl (C=O) groups is 3. The van der Waals surface area contributed by atoms with Gasteiger partial charge < -0.3 is 15.0 Å². The molecule has 14 heteroatoms. The van der Waals surface area contributed by atoms with E-state index in [9.17, 15) is 27.6 Å². The first-order valence-corrected chi connectivity index (χ1v) is 15.8. The number of thiazole rings is 1. The zero-order chi connectivity index (χ0) is 29.6. The Morgan fingerprint density at radius 1 is 0.976 bits per heavy atom. The number of nitrogens with one attached hydrogen (secondary N) is 2. The van der Waals surface area contributed by atoms with Crippen LogP contribution in [0.3, 0.4) is 0 Å². The second-order valence-corrected chi connectivity index (χ2v) is 13.3. The number of sulfonamides is 1. The van der Waals surface area contributed by atoms with Crippen molar-refractivity contribution in [1.29, 1.82) is 0 Å². The van der Waals surface area contributed by atoms with E-state index in [2.05, 4.69) is 10.3 Å². The van der Waals surface area contributed by atoms with E-state index < -0.39 is 33.0 Å². The van der Waals surface area contributed by atoms with Crippen molar-refractivity contribution in [3.05, 3.63) is 99.0 Å². The zero-order valence-corrected chi connectivity index (χ0v) is 24.0. The second-order valence-electron chi connectivity index (χ2n) is 9.58. The van der Waals surface area contributed by atoms with E-state index in [0.717, 1.165) is 11.3 Å². The highest BCUT2D eigenvalue weighted by Gasteiger charge is 2.56. The van der Waals surface area contributed by atoms with Crippen LogP contribution in [0.15, 0.2) is 93.6 Å². The Kier molecular flexibility index (Phi) is 7.22. The first kappa shape index (κ1) is 27.9. The summed E-state index contributed by atoms with van der Waals surface area (Å²) in [6, 6.07) is 21.0. The molecule has 2 aliphatic heterocycles. The van der Waals surface area contributed by atoms with E-state index in [-0.39, 0.29) is 28.2 Å². The van der Waals surface area contributed by atoms with Gasteiger partial charge in [-0.05, 0) is 54.1 Å². The molecule has 214 valence electrons. The summed E-state index contributed by atoms with van der Waals surface area (Å²) in [7, 11) is -3.85. The molecule has 1 fully saturated rings. The number of anilines is 2. The van der Waals surface area contributed by atoms with Crippen LogP contribution >= 0.6 is 23.1 Å². The van der Waals surface area contributed by atoms with Gasteiger partial charge in [0.1, 0.15) is 11.0 Å². The summed E-state index contributed by atoms with van der Waals surface area (Å²) < 4.78 is 28.6. The van der Waals surface area contributed by atoms with Crippen LogP contribution in [0.25, 0.3) is 0 Å². The minimum Gasteiger partial charge on any atom is -0.484 e. The third-order valence-corrected chi connectivity index (χ3v) is 10.2. The molecule has 2 aliphatic rings. The maximum atomic E-state index is 13.8. The highest BCUT2D eigenvalue weighted by atomic mass is 32.2. The number of H-pyrrole nitrogens is 1. The van der Waals surface area contributed by atoms with Gasteiger partial charge in [-0.15, -0.1) is 0 Å². The van der Waals surface area contributed by atoms with Crippen LogP contribution in [0.5, 0.6) is 5.75 Å². The van der Waals surface area contributed by atoms with Crippen LogP contribution in [0, 0.1) is 5.92 Å². The molecule has 3 amide bonds. The Hall–Kier alpha value is -4.24. The van der Waals surface area contributed by atoms with Crippen molar-refractivity contribution in [3.8, 4) is 5.75 Å². The topological polar surface area (TPSA) is 169 Å². The maximum absolute atomic E-state index is 13.8. The van der Waals surface area contributed by atoms with E-state index in [1.54, 1.807) is 54.6 Å². The van der Waals surface area contributed by atoms with E-state index in [0.29, 0.717) is 32.6 Å². The predicted octanol–water partition coefficient (Wildman–Crippen LogP) is 2.90. The number of amides is 3. The average molecular weight is 623 g/mol. The van der Waals surface area contributed by atoms with Gasteiger partial charge in [0.2, 0.25) is 21.8 Å². The smallest absolute Gasteiger partial charge is 0.305 e. The summed E-state index contributed by atoms with van der Waals surface area (Å²) in [4.78, 5) is 56.4. The van der Waals surface area contributed by atoms with Crippen molar-refractivity contribution in [2.45, 2.75) is 21.1 Å². The third-order valence-electron chi connectivity index (χ3n) is 6.89. The van der Waals surface area contributed by atoms with Gasteiger partial charge in [0.15, 0.2) is 6.61 Å². The van der Waals surface area contributed by atoms with Gasteiger partial charge in [-0.2, -0.15) is 0 Å². The highest BCUT2D eigenvalue weighted by molar-refractivity contribution is 8.00. The summed E-state index contributed by atoms with van der Waals surface area (Å²) in [6.45, 7) is -0.352. The van der Waals surface area contributed by atoms with Crippen LogP contribution in [-0.2, 0) is 24.4 Å². The number of rotatable bonds is 7. The molecule has 6 rings (SSSR count). The second kappa shape index (κ2) is 10.9. The molecule has 3 atom stereocenters. The van der Waals surface area contributed by atoms with Gasteiger partial charge in [0.05, 0.1) is 21.5 Å². The van der Waals surface area contributed by atoms with Crippen molar-refractivity contribution in [3.63, 3.8) is 0 Å². The lowest BCUT2D eigenvalue weighted by Gasteiger charge is -2.30. The molecule has 4 N–H and O–H groups in total. The molecule has 11 nitrogen and oxygen atoms in total. The Bertz CT molecular complexity index is 1870. The summed E-state index contributed by atoms with van der Waals surface area (Å²) in [5.74, 6) is -2.16. The molecular formula is C28H22N4O7S3. The molecule has 4 aromatic rings. The number of hydrogen-bond acceptors (Lipinski definition) is 9. The molecule has 3 aromatic carbocycles. The van der Waals surface area contributed by atoms with Gasteiger partial charge in [-0.3, -0.25) is 19.2 Å². The fourth-order valence-corrected chi connectivity index (χ4v) is 8.11. The standard InChI is InChI=1S/C28H22N4O7S3/c29-42(37,38)19-11-9-16(10-12-19)30-20(33)14-39-18-8-4-5-15(13-18)21-22-24(40-25-23(21)41-28(36)31-25)27(35)32(26(22)34)17-6-2-1-3-7-17/h1-13,21-22,24H,14H2,(H,30,33)(H,31,36)(H2,29,37,38)/t21-,22?,24?/m1/s1. The molecule has 0 radical (unpaired) electrons. The van der Waals surface area contributed by atoms with Crippen LogP contribution < -0.4 is 25.0 Å².